The molecule has 31 heavy (non-hydrogen) atoms. The molecule has 2 aromatic rings. The molecule has 0 radical (unpaired) electrons. The maximum atomic E-state index is 13.3. The largest absolute Gasteiger partial charge is 0.497 e. The van der Waals surface area contributed by atoms with Crippen LogP contribution in [0, 0.1) is 0 Å². The van der Waals surface area contributed by atoms with Crippen LogP contribution >= 0.6 is 0 Å². The number of carbonyl (C=O) groups is 1. The van der Waals surface area contributed by atoms with Crippen molar-refractivity contribution in [3.8, 4) is 5.75 Å². The van der Waals surface area contributed by atoms with E-state index in [1.54, 1.807) is 49.0 Å². The summed E-state index contributed by atoms with van der Waals surface area (Å²) >= 11 is 0. The minimum atomic E-state index is -3.69. The van der Waals surface area contributed by atoms with E-state index < -0.39 is 27.2 Å². The van der Waals surface area contributed by atoms with Gasteiger partial charge in [-0.2, -0.15) is 4.31 Å². The molecule has 0 saturated carbocycles. The van der Waals surface area contributed by atoms with Gasteiger partial charge in [-0.3, -0.25) is 14.9 Å². The van der Waals surface area contributed by atoms with Crippen molar-refractivity contribution in [1.82, 2.24) is 14.7 Å². The first-order chi connectivity index (χ1) is 14.9. The van der Waals surface area contributed by atoms with E-state index >= 15 is 0 Å². The number of carbonyl (C=O) groups excluding carboxylic acids is 1. The Balaban J connectivity index is 1.76. The molecule has 166 valence electrons. The molecule has 2 atom stereocenters. The number of benzene rings is 2. The van der Waals surface area contributed by atoms with Crippen LogP contribution < -0.4 is 10.2 Å². The normalized spacial score (nSPS) is 17.5. The molecule has 1 saturated heterocycles. The van der Waals surface area contributed by atoms with E-state index in [1.807, 2.05) is 23.1 Å². The topological polar surface area (TPSA) is 99.2 Å². The smallest absolute Gasteiger partial charge is 0.265 e. The molecule has 8 nitrogen and oxygen atoms in total. The number of piperazine rings is 1. The summed E-state index contributed by atoms with van der Waals surface area (Å²) in [5.41, 5.74) is 3.06. The Labute approximate surface area is 182 Å². The maximum Gasteiger partial charge on any atom is 0.265 e. The molecule has 0 bridgehead atoms. The molecule has 3 rings (SSSR count). The monoisotopic (exact) mass is 445 g/mol. The zero-order valence-corrected chi connectivity index (χ0v) is 18.2. The van der Waals surface area contributed by atoms with Gasteiger partial charge in [0.15, 0.2) is 0 Å². The van der Waals surface area contributed by atoms with Crippen LogP contribution in [-0.2, 0) is 14.8 Å². The molecular weight excluding hydrogens is 418 g/mol. The molecule has 1 fully saturated rings. The highest BCUT2D eigenvalue weighted by molar-refractivity contribution is 7.89. The van der Waals surface area contributed by atoms with Crippen molar-refractivity contribution in [2.45, 2.75) is 11.3 Å². The molecule has 2 N–H and O–H groups in total. The van der Waals surface area contributed by atoms with Crippen LogP contribution in [0.1, 0.15) is 22.4 Å². The van der Waals surface area contributed by atoms with Crippen molar-refractivity contribution in [3.63, 3.8) is 0 Å². The van der Waals surface area contributed by atoms with Crippen LogP contribution in [0.3, 0.4) is 0 Å². The van der Waals surface area contributed by atoms with Gasteiger partial charge in [-0.15, -0.1) is 6.58 Å². The first-order valence-corrected chi connectivity index (χ1v) is 11.4. The molecule has 2 aromatic carbocycles. The predicted molar refractivity (Wildman–Crippen MR) is 117 cm³/mol. The molecule has 1 heterocycles. The van der Waals surface area contributed by atoms with Crippen LogP contribution in [0.15, 0.2) is 67.3 Å². The number of hydroxylamine groups is 1. The maximum absolute atomic E-state index is 13.3. The van der Waals surface area contributed by atoms with E-state index in [2.05, 4.69) is 6.58 Å². The summed E-state index contributed by atoms with van der Waals surface area (Å²) in [7, 11) is -2.14. The number of nitrogens with zero attached hydrogens (tertiary/aromatic N) is 2. The van der Waals surface area contributed by atoms with Crippen molar-refractivity contribution >= 4 is 15.9 Å². The Hall–Kier alpha value is -2.72. The Morgan fingerprint density at radius 2 is 1.68 bits per heavy atom. The van der Waals surface area contributed by atoms with Crippen LogP contribution in [0.25, 0.3) is 0 Å². The second-order valence-electron chi connectivity index (χ2n) is 7.20. The lowest BCUT2D eigenvalue weighted by Gasteiger charge is -2.38. The van der Waals surface area contributed by atoms with Gasteiger partial charge in [-0.25, -0.2) is 13.9 Å². The molecule has 9 heteroatoms. The number of hydrogen-bond acceptors (Lipinski definition) is 6. The van der Waals surface area contributed by atoms with Crippen molar-refractivity contribution in [2.75, 3.05) is 33.3 Å². The Kier molecular flexibility index (Phi) is 7.45. The number of methoxy groups -OCH3 is 1. The molecule has 1 amide bonds. The van der Waals surface area contributed by atoms with Crippen LogP contribution in [0.4, 0.5) is 0 Å². The fourth-order valence-corrected chi connectivity index (χ4v) is 5.56. The summed E-state index contributed by atoms with van der Waals surface area (Å²) in [4.78, 5) is 14.2. The number of hydrogen-bond donors (Lipinski definition) is 2. The Morgan fingerprint density at radius 1 is 1.06 bits per heavy atom. The second kappa shape index (κ2) is 10.1. The van der Waals surface area contributed by atoms with E-state index in [4.69, 9.17) is 4.74 Å². The molecule has 2 unspecified atom stereocenters. The zero-order valence-electron chi connectivity index (χ0n) is 17.3. The Morgan fingerprint density at radius 3 is 2.19 bits per heavy atom. The number of ether oxygens (including phenoxy) is 1. The highest BCUT2D eigenvalue weighted by Gasteiger charge is 2.37. The van der Waals surface area contributed by atoms with Crippen molar-refractivity contribution < 1.29 is 23.2 Å². The van der Waals surface area contributed by atoms with Crippen LogP contribution in [0.2, 0.25) is 0 Å². The van der Waals surface area contributed by atoms with Crippen molar-refractivity contribution in [3.05, 3.63) is 78.4 Å². The third-order valence-corrected chi connectivity index (χ3v) is 7.64. The number of rotatable bonds is 8. The molecule has 1 aliphatic heterocycles. The summed E-state index contributed by atoms with van der Waals surface area (Å²) in [5.74, 6) is 0.0939. The van der Waals surface area contributed by atoms with Gasteiger partial charge >= 0.3 is 0 Å². The number of sulfonamides is 1. The van der Waals surface area contributed by atoms with Gasteiger partial charge in [0.1, 0.15) is 17.0 Å². The fraction of sp³-hybridized carbons (Fsp3) is 0.318. The predicted octanol–water partition coefficient (Wildman–Crippen LogP) is 2.12. The van der Waals surface area contributed by atoms with Crippen LogP contribution in [-0.4, -0.2) is 62.0 Å². The minimum Gasteiger partial charge on any atom is -0.497 e. The van der Waals surface area contributed by atoms with Gasteiger partial charge in [-0.1, -0.05) is 48.5 Å². The average molecular weight is 446 g/mol. The third-order valence-electron chi connectivity index (χ3n) is 5.45. The van der Waals surface area contributed by atoms with Gasteiger partial charge in [0.25, 0.3) is 5.91 Å². The first-order valence-electron chi connectivity index (χ1n) is 9.90. The number of amides is 1. The molecule has 0 aliphatic carbocycles. The summed E-state index contributed by atoms with van der Waals surface area (Å²) in [6, 6.07) is 15.3. The summed E-state index contributed by atoms with van der Waals surface area (Å²) in [6.07, 6.45) is 1.43. The van der Waals surface area contributed by atoms with E-state index in [0.717, 1.165) is 5.56 Å². The standard InChI is InChI=1S/C22H27N3O5S/c1-3-20(17-9-11-19(30-2)12-10-17)31(28,29)25-15-13-24(14-16-25)21(22(26)23-27)18-7-5-4-6-8-18/h3-12,20-21,27H,1,13-16H2,2H3,(H,23,26). The van der Waals surface area contributed by atoms with E-state index in [-0.39, 0.29) is 13.1 Å². The average Bonchev–Trinajstić information content (AvgIpc) is 2.81. The quantitative estimate of drug-likeness (QED) is 0.367. The summed E-state index contributed by atoms with van der Waals surface area (Å²) < 4.78 is 33.2. The molecule has 0 aromatic heterocycles. The van der Waals surface area contributed by atoms with Gasteiger partial charge in [0.05, 0.1) is 7.11 Å². The zero-order chi connectivity index (χ0) is 22.4. The van der Waals surface area contributed by atoms with Crippen molar-refractivity contribution in [1.29, 1.82) is 0 Å². The third kappa shape index (κ3) is 4.96. The highest BCUT2D eigenvalue weighted by Crippen LogP contribution is 2.30. The molecule has 0 spiro atoms. The highest BCUT2D eigenvalue weighted by atomic mass is 32.2. The summed E-state index contributed by atoms with van der Waals surface area (Å²) in [5, 5.41) is 8.31. The van der Waals surface area contributed by atoms with E-state index in [1.165, 1.54) is 10.4 Å². The minimum absolute atomic E-state index is 0.227. The fourth-order valence-electron chi connectivity index (χ4n) is 3.82. The van der Waals surface area contributed by atoms with Gasteiger partial charge in [0, 0.05) is 26.2 Å². The van der Waals surface area contributed by atoms with E-state index in [9.17, 15) is 18.4 Å². The van der Waals surface area contributed by atoms with Crippen LogP contribution in [0.5, 0.6) is 5.75 Å². The van der Waals surface area contributed by atoms with E-state index in [0.29, 0.717) is 24.4 Å². The van der Waals surface area contributed by atoms with Gasteiger partial charge < -0.3 is 4.74 Å². The Bertz CT molecular complexity index is 988. The first kappa shape index (κ1) is 23.0. The molecular formula is C22H27N3O5S. The van der Waals surface area contributed by atoms with Gasteiger partial charge in [0.2, 0.25) is 10.0 Å². The summed E-state index contributed by atoms with van der Waals surface area (Å²) in [6.45, 7) is 4.88. The number of nitrogens with one attached hydrogen (secondary N) is 1. The lowest BCUT2D eigenvalue weighted by atomic mass is 10.0. The lowest BCUT2D eigenvalue weighted by Crippen LogP contribution is -2.52. The lowest BCUT2D eigenvalue weighted by molar-refractivity contribution is -0.135. The van der Waals surface area contributed by atoms with Crippen molar-refractivity contribution in [2.24, 2.45) is 0 Å². The second-order valence-corrected chi connectivity index (χ2v) is 9.25. The molecule has 1 aliphatic rings. The SMILES string of the molecule is C=CC(c1ccc(OC)cc1)S(=O)(=O)N1CCN(C(C(=O)NO)c2ccccc2)CC1. The van der Waals surface area contributed by atoms with Gasteiger partial charge in [-0.05, 0) is 23.3 Å².